The van der Waals surface area contributed by atoms with Crippen molar-refractivity contribution in [1.29, 1.82) is 0 Å². The Morgan fingerprint density at radius 1 is 1.14 bits per heavy atom. The van der Waals surface area contributed by atoms with Crippen LogP contribution >= 0.6 is 0 Å². The maximum absolute atomic E-state index is 12.2. The van der Waals surface area contributed by atoms with Gasteiger partial charge in [0.15, 0.2) is 0 Å². The van der Waals surface area contributed by atoms with Crippen molar-refractivity contribution in [1.82, 2.24) is 4.72 Å². The Morgan fingerprint density at radius 2 is 1.77 bits per heavy atom. The van der Waals surface area contributed by atoms with Gasteiger partial charge in [-0.1, -0.05) is 24.3 Å². The molecule has 0 radical (unpaired) electrons. The molecular formula is C15H19N3O3S. The summed E-state index contributed by atoms with van der Waals surface area (Å²) in [4.78, 5) is 12.1. The largest absolute Gasteiger partial charge is 0.324 e. The lowest BCUT2D eigenvalue weighted by Gasteiger charge is -2.08. The Kier molecular flexibility index (Phi) is 6.55. The van der Waals surface area contributed by atoms with E-state index in [1.807, 2.05) is 4.72 Å². The van der Waals surface area contributed by atoms with Crippen molar-refractivity contribution in [2.75, 3.05) is 5.43 Å². The molecular weight excluding hydrogens is 302 g/mol. The van der Waals surface area contributed by atoms with Crippen LogP contribution in [0, 0.1) is 0 Å². The van der Waals surface area contributed by atoms with Gasteiger partial charge in [-0.2, -0.15) is 0 Å². The van der Waals surface area contributed by atoms with Gasteiger partial charge in [-0.15, -0.1) is 0 Å². The standard InChI is InChI=1S/C15H19N3O3S/c1-3-5-7-12(6-4-2)15(19)18-22(20,21)14-10-8-13(17-16)9-11-14/h3-11,17H,16H2,1-2H3,(H,18,19)/b5-3-,6-4-,12-7+. The van der Waals surface area contributed by atoms with E-state index in [2.05, 4.69) is 5.43 Å². The zero-order chi connectivity index (χ0) is 16.6. The molecule has 0 bridgehead atoms. The topological polar surface area (TPSA) is 101 Å². The Balaban J connectivity index is 3.01. The van der Waals surface area contributed by atoms with Crippen LogP contribution in [0.3, 0.4) is 0 Å². The maximum atomic E-state index is 12.2. The molecule has 0 atom stereocenters. The van der Waals surface area contributed by atoms with Crippen LogP contribution in [0.15, 0.2) is 65.1 Å². The molecule has 22 heavy (non-hydrogen) atoms. The van der Waals surface area contributed by atoms with Gasteiger partial charge in [-0.3, -0.25) is 10.6 Å². The zero-order valence-electron chi connectivity index (χ0n) is 12.4. The molecule has 0 aliphatic carbocycles. The molecule has 0 aliphatic heterocycles. The second kappa shape index (κ2) is 8.16. The van der Waals surface area contributed by atoms with Gasteiger partial charge in [-0.05, 0) is 44.2 Å². The number of nitrogen functional groups attached to an aromatic ring is 1. The van der Waals surface area contributed by atoms with Crippen LogP contribution in [-0.4, -0.2) is 14.3 Å². The van der Waals surface area contributed by atoms with Gasteiger partial charge in [0.1, 0.15) is 0 Å². The number of rotatable bonds is 6. The van der Waals surface area contributed by atoms with Crippen molar-refractivity contribution in [2.45, 2.75) is 18.7 Å². The summed E-state index contributed by atoms with van der Waals surface area (Å²) in [7, 11) is -3.94. The molecule has 1 rings (SSSR count). The molecule has 7 heteroatoms. The van der Waals surface area contributed by atoms with E-state index in [-0.39, 0.29) is 10.5 Å². The van der Waals surface area contributed by atoms with Gasteiger partial charge in [0.25, 0.3) is 15.9 Å². The summed E-state index contributed by atoms with van der Waals surface area (Å²) < 4.78 is 26.4. The van der Waals surface area contributed by atoms with Crippen molar-refractivity contribution >= 4 is 21.6 Å². The van der Waals surface area contributed by atoms with Crippen LogP contribution in [0.2, 0.25) is 0 Å². The minimum Gasteiger partial charge on any atom is -0.324 e. The summed E-state index contributed by atoms with van der Waals surface area (Å²) >= 11 is 0. The smallest absolute Gasteiger partial charge is 0.264 e. The Hall–Kier alpha value is -2.38. The highest BCUT2D eigenvalue weighted by Gasteiger charge is 2.18. The lowest BCUT2D eigenvalue weighted by molar-refractivity contribution is -0.115. The van der Waals surface area contributed by atoms with Crippen molar-refractivity contribution in [3.05, 3.63) is 60.2 Å². The van der Waals surface area contributed by atoms with Crippen molar-refractivity contribution in [3.63, 3.8) is 0 Å². The average Bonchev–Trinajstić information content (AvgIpc) is 2.51. The van der Waals surface area contributed by atoms with Crippen LogP contribution in [0.4, 0.5) is 5.69 Å². The van der Waals surface area contributed by atoms with E-state index in [4.69, 9.17) is 5.84 Å². The van der Waals surface area contributed by atoms with Gasteiger partial charge >= 0.3 is 0 Å². The van der Waals surface area contributed by atoms with E-state index in [0.717, 1.165) is 0 Å². The van der Waals surface area contributed by atoms with Crippen molar-refractivity contribution in [3.8, 4) is 0 Å². The van der Waals surface area contributed by atoms with E-state index in [9.17, 15) is 13.2 Å². The third-order valence-corrected chi connectivity index (χ3v) is 3.98. The third kappa shape index (κ3) is 4.87. The second-order valence-electron chi connectivity index (χ2n) is 4.25. The highest BCUT2D eigenvalue weighted by Crippen LogP contribution is 2.13. The van der Waals surface area contributed by atoms with Gasteiger partial charge in [0.05, 0.1) is 4.90 Å². The summed E-state index contributed by atoms with van der Waals surface area (Å²) in [5.74, 6) is 4.52. The van der Waals surface area contributed by atoms with Crippen LogP contribution in [-0.2, 0) is 14.8 Å². The van der Waals surface area contributed by atoms with Gasteiger partial charge in [-0.25, -0.2) is 13.1 Å². The highest BCUT2D eigenvalue weighted by molar-refractivity contribution is 7.90. The van der Waals surface area contributed by atoms with E-state index < -0.39 is 15.9 Å². The number of nitrogens with two attached hydrogens (primary N) is 1. The highest BCUT2D eigenvalue weighted by atomic mass is 32.2. The number of benzene rings is 1. The summed E-state index contributed by atoms with van der Waals surface area (Å²) in [5, 5.41) is 0. The lowest BCUT2D eigenvalue weighted by Crippen LogP contribution is -2.31. The molecule has 0 heterocycles. The summed E-state index contributed by atoms with van der Waals surface area (Å²) in [6.45, 7) is 3.54. The summed E-state index contributed by atoms with van der Waals surface area (Å²) in [5.41, 5.74) is 3.20. The quantitative estimate of drug-likeness (QED) is 0.321. The van der Waals surface area contributed by atoms with Gasteiger partial charge in [0.2, 0.25) is 0 Å². The van der Waals surface area contributed by atoms with E-state index in [1.165, 1.54) is 36.4 Å². The van der Waals surface area contributed by atoms with Crippen LogP contribution in [0.25, 0.3) is 0 Å². The van der Waals surface area contributed by atoms with E-state index in [1.54, 1.807) is 32.1 Å². The average molecular weight is 321 g/mol. The molecule has 1 amide bonds. The predicted molar refractivity (Wildman–Crippen MR) is 87.3 cm³/mol. The fourth-order valence-corrected chi connectivity index (χ4v) is 2.53. The molecule has 0 saturated carbocycles. The third-order valence-electron chi connectivity index (χ3n) is 2.63. The van der Waals surface area contributed by atoms with E-state index in [0.29, 0.717) is 5.69 Å². The number of hydrogen-bond acceptors (Lipinski definition) is 5. The molecule has 118 valence electrons. The predicted octanol–water partition coefficient (Wildman–Crippen LogP) is 1.86. The zero-order valence-corrected chi connectivity index (χ0v) is 13.2. The minimum atomic E-state index is -3.94. The summed E-state index contributed by atoms with van der Waals surface area (Å²) in [6, 6.07) is 5.72. The molecule has 0 spiro atoms. The van der Waals surface area contributed by atoms with Crippen LogP contribution in [0.1, 0.15) is 13.8 Å². The molecule has 0 fully saturated rings. The Morgan fingerprint density at radius 3 is 2.27 bits per heavy atom. The molecule has 0 unspecified atom stereocenters. The molecule has 0 aromatic heterocycles. The van der Waals surface area contributed by atoms with Gasteiger partial charge < -0.3 is 5.43 Å². The molecule has 0 aliphatic rings. The Labute approximate surface area is 130 Å². The van der Waals surface area contributed by atoms with Crippen molar-refractivity contribution in [2.24, 2.45) is 5.84 Å². The van der Waals surface area contributed by atoms with Crippen LogP contribution in [0.5, 0.6) is 0 Å². The first-order valence-corrected chi connectivity index (χ1v) is 8.02. The van der Waals surface area contributed by atoms with Gasteiger partial charge in [0, 0.05) is 11.3 Å². The number of hydrogen-bond donors (Lipinski definition) is 3. The van der Waals surface area contributed by atoms with Crippen LogP contribution < -0.4 is 16.0 Å². The first kappa shape index (κ1) is 17.7. The number of allylic oxidation sites excluding steroid dienone is 4. The molecule has 4 N–H and O–H groups in total. The second-order valence-corrected chi connectivity index (χ2v) is 5.93. The normalized spacial score (nSPS) is 12.8. The lowest BCUT2D eigenvalue weighted by atomic mass is 10.2. The number of anilines is 1. The minimum absolute atomic E-state index is 0.0225. The van der Waals surface area contributed by atoms with Crippen molar-refractivity contribution < 1.29 is 13.2 Å². The first-order chi connectivity index (χ1) is 10.4. The number of carbonyl (C=O) groups excluding carboxylic acids is 1. The monoisotopic (exact) mass is 321 g/mol. The SMILES string of the molecule is C\C=C/C=C(\C=C/C)C(=O)NS(=O)(=O)c1ccc(NN)cc1. The van der Waals surface area contributed by atoms with E-state index >= 15 is 0 Å². The maximum Gasteiger partial charge on any atom is 0.264 e. The molecule has 1 aromatic carbocycles. The summed E-state index contributed by atoms with van der Waals surface area (Å²) in [6.07, 6.45) is 8.12. The number of carbonyl (C=O) groups is 1. The first-order valence-electron chi connectivity index (χ1n) is 6.54. The Bertz CT molecular complexity index is 702. The molecule has 6 nitrogen and oxygen atoms in total. The number of hydrazine groups is 1. The fourth-order valence-electron chi connectivity index (χ4n) is 1.56. The number of amides is 1. The molecule has 0 saturated heterocycles. The molecule has 1 aromatic rings. The number of sulfonamides is 1. The fraction of sp³-hybridized carbons (Fsp3) is 0.133. The number of nitrogens with one attached hydrogen (secondary N) is 2.